The van der Waals surface area contributed by atoms with Crippen LogP contribution in [0.4, 0.5) is 13.2 Å². The highest BCUT2D eigenvalue weighted by Crippen LogP contribution is 2.31. The van der Waals surface area contributed by atoms with E-state index in [1.54, 1.807) is 19.1 Å². The highest BCUT2D eigenvalue weighted by Gasteiger charge is 2.31. The molecule has 3 N–H and O–H groups in total. The van der Waals surface area contributed by atoms with Gasteiger partial charge in [-0.3, -0.25) is 0 Å². The lowest BCUT2D eigenvalue weighted by molar-refractivity contribution is -0.137. The molecule has 148 valence electrons. The molecular formula is C19H21ClF3NO2S. The number of hydrogen-bond donors (Lipinski definition) is 2. The first-order valence-electron chi connectivity index (χ1n) is 8.31. The fourth-order valence-corrected chi connectivity index (χ4v) is 4.00. The topological polar surface area (TPSA) is 63.3 Å². The summed E-state index contributed by atoms with van der Waals surface area (Å²) in [6.45, 7) is 1.64. The molecule has 0 fully saturated rings. The van der Waals surface area contributed by atoms with Crippen molar-refractivity contribution in [3.05, 3.63) is 58.6 Å². The van der Waals surface area contributed by atoms with Gasteiger partial charge in [0.1, 0.15) is 0 Å². The average molecular weight is 420 g/mol. The highest BCUT2D eigenvalue weighted by atomic mass is 35.5. The van der Waals surface area contributed by atoms with Crippen LogP contribution in [-0.4, -0.2) is 21.5 Å². The van der Waals surface area contributed by atoms with Crippen LogP contribution in [-0.2, 0) is 23.4 Å². The van der Waals surface area contributed by atoms with Gasteiger partial charge in [-0.15, -0.1) is 0 Å². The molecule has 1 unspecified atom stereocenters. The second-order valence-electron chi connectivity index (χ2n) is 6.71. The number of aliphatic hydroxyl groups is 1. The Bertz CT molecular complexity index is 825. The van der Waals surface area contributed by atoms with Crippen molar-refractivity contribution in [1.82, 2.24) is 0 Å². The van der Waals surface area contributed by atoms with Gasteiger partial charge in [0.2, 0.25) is 0 Å². The number of hydrogen-bond acceptors (Lipinski definition) is 3. The number of aryl methyl sites for hydroxylation is 1. The monoisotopic (exact) mass is 419 g/mol. The van der Waals surface area contributed by atoms with Crippen LogP contribution in [0, 0.1) is 0 Å². The maximum atomic E-state index is 12.8. The van der Waals surface area contributed by atoms with Gasteiger partial charge < -0.3 is 10.8 Å². The Morgan fingerprint density at radius 2 is 1.81 bits per heavy atom. The molecule has 2 atom stereocenters. The number of alkyl halides is 3. The number of aliphatic hydroxyl groups excluding tert-OH is 1. The SMILES string of the molecule is CC(N)(CO)CCCc1ccc([S@](=O)c2cccc(C(F)(F)F)c2)cc1Cl. The fraction of sp³-hybridized carbons (Fsp3) is 0.368. The molecule has 8 heteroatoms. The zero-order chi connectivity index (χ0) is 20.2. The van der Waals surface area contributed by atoms with E-state index in [0.29, 0.717) is 29.2 Å². The van der Waals surface area contributed by atoms with Gasteiger partial charge in [0.15, 0.2) is 0 Å². The molecule has 0 aliphatic carbocycles. The molecule has 27 heavy (non-hydrogen) atoms. The zero-order valence-corrected chi connectivity index (χ0v) is 16.3. The Morgan fingerprint density at radius 3 is 2.41 bits per heavy atom. The molecule has 2 rings (SSSR count). The number of benzene rings is 2. The molecule has 2 aromatic carbocycles. The van der Waals surface area contributed by atoms with E-state index in [1.807, 2.05) is 0 Å². The van der Waals surface area contributed by atoms with Gasteiger partial charge in [0.25, 0.3) is 0 Å². The second kappa shape index (κ2) is 8.73. The predicted octanol–water partition coefficient (Wildman–Crippen LogP) is 4.56. The van der Waals surface area contributed by atoms with Gasteiger partial charge in [-0.2, -0.15) is 13.2 Å². The number of nitrogens with two attached hydrogens (primary N) is 1. The van der Waals surface area contributed by atoms with Gasteiger partial charge in [-0.05, 0) is 62.1 Å². The molecule has 0 heterocycles. The van der Waals surface area contributed by atoms with Gasteiger partial charge >= 0.3 is 6.18 Å². The lowest BCUT2D eigenvalue weighted by Crippen LogP contribution is -2.40. The highest BCUT2D eigenvalue weighted by molar-refractivity contribution is 7.85. The van der Waals surface area contributed by atoms with E-state index in [0.717, 1.165) is 17.7 Å². The smallest absolute Gasteiger partial charge is 0.394 e. The Morgan fingerprint density at radius 1 is 1.15 bits per heavy atom. The molecule has 0 aliphatic rings. The molecule has 0 spiro atoms. The largest absolute Gasteiger partial charge is 0.416 e. The maximum Gasteiger partial charge on any atom is 0.416 e. The maximum absolute atomic E-state index is 12.8. The minimum Gasteiger partial charge on any atom is -0.394 e. The third-order valence-corrected chi connectivity index (χ3v) is 5.89. The third-order valence-electron chi connectivity index (χ3n) is 4.17. The van der Waals surface area contributed by atoms with Crippen LogP contribution in [0.5, 0.6) is 0 Å². The minimum atomic E-state index is -4.49. The van der Waals surface area contributed by atoms with Crippen LogP contribution < -0.4 is 5.73 Å². The Hall–Kier alpha value is -1.41. The Kier molecular flexibility index (Phi) is 7.08. The van der Waals surface area contributed by atoms with Crippen molar-refractivity contribution in [1.29, 1.82) is 0 Å². The van der Waals surface area contributed by atoms with Crippen LogP contribution in [0.15, 0.2) is 52.3 Å². The number of halogens is 4. The Labute approximate surface area is 163 Å². The third kappa shape index (κ3) is 6.04. The van der Waals surface area contributed by atoms with Crippen molar-refractivity contribution in [2.45, 2.75) is 47.7 Å². The van der Waals surface area contributed by atoms with E-state index in [4.69, 9.17) is 22.4 Å². The molecule has 2 aromatic rings. The molecular weight excluding hydrogens is 399 g/mol. The lowest BCUT2D eigenvalue weighted by atomic mass is 9.95. The first kappa shape index (κ1) is 21.9. The second-order valence-corrected chi connectivity index (χ2v) is 8.60. The zero-order valence-electron chi connectivity index (χ0n) is 14.7. The molecule has 0 saturated carbocycles. The van der Waals surface area contributed by atoms with E-state index in [9.17, 15) is 17.4 Å². The summed E-state index contributed by atoms with van der Waals surface area (Å²) < 4.78 is 51.1. The van der Waals surface area contributed by atoms with Crippen LogP contribution in [0.2, 0.25) is 5.02 Å². The van der Waals surface area contributed by atoms with Crippen LogP contribution in [0.25, 0.3) is 0 Å². The van der Waals surface area contributed by atoms with Crippen molar-refractivity contribution in [2.24, 2.45) is 5.73 Å². The van der Waals surface area contributed by atoms with Crippen molar-refractivity contribution in [2.75, 3.05) is 6.61 Å². The summed E-state index contributed by atoms with van der Waals surface area (Å²) in [5, 5.41) is 9.56. The lowest BCUT2D eigenvalue weighted by Gasteiger charge is -2.21. The molecule has 0 aliphatic heterocycles. The van der Waals surface area contributed by atoms with E-state index in [-0.39, 0.29) is 11.5 Å². The van der Waals surface area contributed by atoms with Gasteiger partial charge in [-0.1, -0.05) is 23.7 Å². The van der Waals surface area contributed by atoms with E-state index < -0.39 is 28.1 Å². The summed E-state index contributed by atoms with van der Waals surface area (Å²) in [6, 6.07) is 9.28. The van der Waals surface area contributed by atoms with Crippen LogP contribution in [0.1, 0.15) is 30.9 Å². The molecule has 3 nitrogen and oxygen atoms in total. The van der Waals surface area contributed by atoms with Crippen molar-refractivity contribution >= 4 is 22.4 Å². The first-order valence-corrected chi connectivity index (χ1v) is 9.83. The summed E-state index contributed by atoms with van der Waals surface area (Å²) in [6.07, 6.45) is -2.54. The summed E-state index contributed by atoms with van der Waals surface area (Å²) in [7, 11) is -1.77. The quantitative estimate of drug-likeness (QED) is 0.691. The van der Waals surface area contributed by atoms with Gasteiger partial charge in [0, 0.05) is 20.4 Å². The standard InChI is InChI=1S/C19H21ClF3NO2S/c1-18(24,12-25)9-3-4-13-7-8-16(11-17(13)20)27(26)15-6-2-5-14(10-15)19(21,22)23/h2,5-8,10-11,25H,3-4,9,12,24H2,1H3/t18?,27-/m1/s1. The minimum absolute atomic E-state index is 0.0653. The van der Waals surface area contributed by atoms with E-state index in [1.165, 1.54) is 18.2 Å². The van der Waals surface area contributed by atoms with Gasteiger partial charge in [0.05, 0.1) is 23.0 Å². The van der Waals surface area contributed by atoms with E-state index in [2.05, 4.69) is 0 Å². The van der Waals surface area contributed by atoms with Crippen molar-refractivity contribution < 1.29 is 22.5 Å². The molecule has 0 bridgehead atoms. The molecule has 0 amide bonds. The summed E-state index contributed by atoms with van der Waals surface area (Å²) in [5.74, 6) is 0. The van der Waals surface area contributed by atoms with Crippen LogP contribution in [0.3, 0.4) is 0 Å². The predicted molar refractivity (Wildman–Crippen MR) is 100 cm³/mol. The molecule has 0 aromatic heterocycles. The molecule has 0 radical (unpaired) electrons. The fourth-order valence-electron chi connectivity index (χ4n) is 2.53. The van der Waals surface area contributed by atoms with Crippen molar-refractivity contribution in [3.63, 3.8) is 0 Å². The molecule has 0 saturated heterocycles. The normalized spacial score (nSPS) is 15.4. The first-order chi connectivity index (χ1) is 12.5. The van der Waals surface area contributed by atoms with Crippen LogP contribution >= 0.6 is 11.6 Å². The summed E-state index contributed by atoms with van der Waals surface area (Å²) >= 11 is 6.25. The Balaban J connectivity index is 2.14. The summed E-state index contributed by atoms with van der Waals surface area (Å²) in [4.78, 5) is 0.401. The van der Waals surface area contributed by atoms with Gasteiger partial charge in [-0.25, -0.2) is 4.21 Å². The average Bonchev–Trinajstić information content (AvgIpc) is 2.61. The van der Waals surface area contributed by atoms with Crippen molar-refractivity contribution in [3.8, 4) is 0 Å². The van der Waals surface area contributed by atoms with E-state index >= 15 is 0 Å². The summed E-state index contributed by atoms with van der Waals surface area (Å²) in [5.41, 5.74) is 5.22. The number of rotatable bonds is 7.